The third-order valence-electron chi connectivity index (χ3n) is 6.27. The van der Waals surface area contributed by atoms with Gasteiger partial charge in [0.25, 0.3) is 0 Å². The van der Waals surface area contributed by atoms with Crippen LogP contribution in [-0.4, -0.2) is 34.3 Å². The topological polar surface area (TPSA) is 87.0 Å². The van der Waals surface area contributed by atoms with E-state index in [4.69, 9.17) is 4.74 Å². The first-order valence-electron chi connectivity index (χ1n) is 10.4. The first-order valence-corrected chi connectivity index (χ1v) is 10.4. The number of hydrogen-bond donors (Lipinski definition) is 3. The van der Waals surface area contributed by atoms with Crippen LogP contribution in [0.15, 0.2) is 66.3 Å². The Morgan fingerprint density at radius 3 is 2.35 bits per heavy atom. The number of hydrogen-bond acceptors (Lipinski definition) is 5. The maximum absolute atomic E-state index is 13.8. The molecule has 0 saturated heterocycles. The fourth-order valence-electron chi connectivity index (χ4n) is 4.48. The molecule has 2 aromatic rings. The Kier molecular flexibility index (Phi) is 6.86. The van der Waals surface area contributed by atoms with Crippen molar-refractivity contribution in [3.8, 4) is 17.2 Å². The number of aromatic hydroxyl groups is 2. The number of rotatable bonds is 7. The third-order valence-corrected chi connectivity index (χ3v) is 6.27. The second-order valence-corrected chi connectivity index (χ2v) is 8.34. The van der Waals surface area contributed by atoms with E-state index in [1.54, 1.807) is 6.92 Å². The quantitative estimate of drug-likeness (QED) is 0.433. The Hall–Kier alpha value is -3.05. The van der Waals surface area contributed by atoms with Crippen LogP contribution in [0.4, 0.5) is 0 Å². The maximum atomic E-state index is 13.8. The van der Waals surface area contributed by atoms with Gasteiger partial charge in [0.05, 0.1) is 13.2 Å². The van der Waals surface area contributed by atoms with Crippen molar-refractivity contribution in [1.82, 2.24) is 0 Å². The SMILES string of the molecule is C=C(C)C(O)C[C@@H]1C(C)=CC[C@@H](c2ccccc2)[C@@H]1C(=O)c1c(O)cc(OC)cc1O. The van der Waals surface area contributed by atoms with Crippen molar-refractivity contribution in [3.63, 3.8) is 0 Å². The highest BCUT2D eigenvalue weighted by atomic mass is 16.5. The molecule has 5 nitrogen and oxygen atoms in total. The van der Waals surface area contributed by atoms with Crippen molar-refractivity contribution in [2.75, 3.05) is 7.11 Å². The van der Waals surface area contributed by atoms with Gasteiger partial charge in [-0.15, -0.1) is 0 Å². The summed E-state index contributed by atoms with van der Waals surface area (Å²) in [6.07, 6.45) is 2.36. The molecular weight excluding hydrogens is 392 g/mol. The molecular formula is C26H30O5. The van der Waals surface area contributed by atoms with Crippen molar-refractivity contribution >= 4 is 5.78 Å². The molecule has 0 saturated carbocycles. The molecule has 1 unspecified atom stereocenters. The van der Waals surface area contributed by atoms with E-state index in [9.17, 15) is 20.1 Å². The predicted molar refractivity (Wildman–Crippen MR) is 121 cm³/mol. The second kappa shape index (κ2) is 9.40. The minimum atomic E-state index is -0.753. The molecule has 3 N–H and O–H groups in total. The van der Waals surface area contributed by atoms with Crippen molar-refractivity contribution in [2.45, 2.75) is 38.7 Å². The van der Waals surface area contributed by atoms with Crippen molar-refractivity contribution in [2.24, 2.45) is 11.8 Å². The summed E-state index contributed by atoms with van der Waals surface area (Å²) in [4.78, 5) is 13.8. The smallest absolute Gasteiger partial charge is 0.174 e. The zero-order valence-corrected chi connectivity index (χ0v) is 18.2. The first kappa shape index (κ1) is 22.6. The Balaban J connectivity index is 2.12. The van der Waals surface area contributed by atoms with Crippen molar-refractivity contribution in [3.05, 3.63) is 77.4 Å². The first-order chi connectivity index (χ1) is 14.7. The number of methoxy groups -OCH3 is 1. The van der Waals surface area contributed by atoms with Gasteiger partial charge in [0, 0.05) is 18.1 Å². The van der Waals surface area contributed by atoms with Crippen LogP contribution in [0.5, 0.6) is 17.2 Å². The largest absolute Gasteiger partial charge is 0.507 e. The standard InChI is InChI=1S/C26H30O5/c1-15(2)21(27)14-20-16(3)10-11-19(17-8-6-5-7-9-17)24(20)26(30)25-22(28)12-18(31-4)13-23(25)29/h5-10,12-13,19-21,24,27-29H,1,11,14H2,2-4H3/t19-,20+,21?,24-/m0/s1. The molecule has 1 aliphatic carbocycles. The Morgan fingerprint density at radius 1 is 1.19 bits per heavy atom. The lowest BCUT2D eigenvalue weighted by Gasteiger charge is -2.38. The van der Waals surface area contributed by atoms with Crippen LogP contribution in [0.3, 0.4) is 0 Å². The number of phenols is 2. The molecule has 31 heavy (non-hydrogen) atoms. The number of Topliss-reactive ketones (excluding diaryl/α,β-unsaturated/α-hetero) is 1. The van der Waals surface area contributed by atoms with E-state index in [1.807, 2.05) is 37.3 Å². The molecule has 1 aliphatic rings. The third kappa shape index (κ3) is 4.67. The second-order valence-electron chi connectivity index (χ2n) is 8.34. The molecule has 0 amide bonds. The monoisotopic (exact) mass is 422 g/mol. The number of carbonyl (C=O) groups is 1. The van der Waals surface area contributed by atoms with Gasteiger partial charge in [-0.05, 0) is 44.1 Å². The summed E-state index contributed by atoms with van der Waals surface area (Å²) in [5, 5.41) is 31.6. The normalized spacial score (nSPS) is 21.8. The predicted octanol–water partition coefficient (Wildman–Crippen LogP) is 4.98. The number of ketones is 1. The van der Waals surface area contributed by atoms with Crippen LogP contribution >= 0.6 is 0 Å². The van der Waals surface area contributed by atoms with Gasteiger partial charge in [-0.25, -0.2) is 0 Å². The average molecular weight is 423 g/mol. The molecule has 3 rings (SSSR count). The lowest BCUT2D eigenvalue weighted by molar-refractivity contribution is 0.0802. The maximum Gasteiger partial charge on any atom is 0.174 e. The summed E-state index contributed by atoms with van der Waals surface area (Å²) in [6.45, 7) is 7.58. The van der Waals surface area contributed by atoms with Gasteiger partial charge >= 0.3 is 0 Å². The van der Waals surface area contributed by atoms with Gasteiger partial charge in [0.1, 0.15) is 22.8 Å². The molecule has 0 radical (unpaired) electrons. The van der Waals surface area contributed by atoms with Crippen LogP contribution in [0.2, 0.25) is 0 Å². The number of allylic oxidation sites excluding steroid dienone is 2. The van der Waals surface area contributed by atoms with E-state index in [0.29, 0.717) is 18.4 Å². The number of phenolic OH excluding ortho intramolecular Hbond substituents is 2. The van der Waals surface area contributed by atoms with Gasteiger partial charge in [0.15, 0.2) is 5.78 Å². The minimum Gasteiger partial charge on any atom is -0.507 e. The molecule has 0 spiro atoms. The van der Waals surface area contributed by atoms with E-state index >= 15 is 0 Å². The molecule has 0 fully saturated rings. The van der Waals surface area contributed by atoms with Gasteiger partial charge < -0.3 is 20.1 Å². The Bertz CT molecular complexity index is 969. The molecule has 4 atom stereocenters. The molecule has 0 heterocycles. The van der Waals surface area contributed by atoms with E-state index in [1.165, 1.54) is 19.2 Å². The summed E-state index contributed by atoms with van der Waals surface area (Å²) in [5.41, 5.74) is 2.54. The molecule has 0 bridgehead atoms. The summed E-state index contributed by atoms with van der Waals surface area (Å²) in [7, 11) is 1.42. The lowest BCUT2D eigenvalue weighted by atomic mass is 9.65. The molecule has 0 aliphatic heterocycles. The van der Waals surface area contributed by atoms with Gasteiger partial charge in [-0.2, -0.15) is 0 Å². The van der Waals surface area contributed by atoms with Crippen LogP contribution in [0.1, 0.15) is 48.5 Å². The lowest BCUT2D eigenvalue weighted by Crippen LogP contribution is -2.35. The summed E-state index contributed by atoms with van der Waals surface area (Å²) >= 11 is 0. The van der Waals surface area contributed by atoms with Crippen molar-refractivity contribution < 1.29 is 24.9 Å². The molecule has 2 aromatic carbocycles. The number of aliphatic hydroxyl groups excluding tert-OH is 1. The number of benzene rings is 2. The van der Waals surface area contributed by atoms with Crippen LogP contribution in [-0.2, 0) is 0 Å². The summed E-state index contributed by atoms with van der Waals surface area (Å²) in [6, 6.07) is 12.4. The minimum absolute atomic E-state index is 0.115. The molecule has 0 aromatic heterocycles. The van der Waals surface area contributed by atoms with Crippen LogP contribution < -0.4 is 4.74 Å². The summed E-state index contributed by atoms with van der Waals surface area (Å²) < 4.78 is 5.08. The fraction of sp³-hybridized carbons (Fsp3) is 0.346. The van der Waals surface area contributed by atoms with Crippen molar-refractivity contribution in [1.29, 1.82) is 0 Å². The van der Waals surface area contributed by atoms with Gasteiger partial charge in [-0.3, -0.25) is 4.79 Å². The van der Waals surface area contributed by atoms with E-state index in [2.05, 4.69) is 12.7 Å². The van der Waals surface area contributed by atoms with Crippen LogP contribution in [0.25, 0.3) is 0 Å². The number of aliphatic hydroxyl groups is 1. The zero-order valence-electron chi connectivity index (χ0n) is 18.2. The number of carbonyl (C=O) groups excluding carboxylic acids is 1. The zero-order chi connectivity index (χ0) is 22.7. The highest BCUT2D eigenvalue weighted by molar-refractivity contribution is 6.03. The van der Waals surface area contributed by atoms with E-state index in [-0.39, 0.29) is 40.4 Å². The van der Waals surface area contributed by atoms with E-state index < -0.39 is 12.0 Å². The molecule has 164 valence electrons. The van der Waals surface area contributed by atoms with Gasteiger partial charge in [-0.1, -0.05) is 54.1 Å². The van der Waals surface area contributed by atoms with Crippen LogP contribution in [0, 0.1) is 11.8 Å². The fourth-order valence-corrected chi connectivity index (χ4v) is 4.48. The Labute approximate surface area is 183 Å². The van der Waals surface area contributed by atoms with Gasteiger partial charge in [0.2, 0.25) is 0 Å². The van der Waals surface area contributed by atoms with E-state index in [0.717, 1.165) is 11.1 Å². The molecule has 5 heteroatoms. The highest BCUT2D eigenvalue weighted by Gasteiger charge is 2.42. The number of ether oxygens (including phenoxy) is 1. The Morgan fingerprint density at radius 2 is 1.81 bits per heavy atom. The highest BCUT2D eigenvalue weighted by Crippen LogP contribution is 2.47. The summed E-state index contributed by atoms with van der Waals surface area (Å²) in [5.74, 6) is -1.70. The average Bonchev–Trinajstić information content (AvgIpc) is 2.74.